The molecule has 2 amide bonds. The Balaban J connectivity index is 2.10. The van der Waals surface area contributed by atoms with Gasteiger partial charge in [-0.05, 0) is 81.6 Å². The maximum atomic E-state index is 14.2. The Hall–Kier alpha value is -3.56. The van der Waals surface area contributed by atoms with Gasteiger partial charge < -0.3 is 15.0 Å². The lowest BCUT2D eigenvalue weighted by Crippen LogP contribution is -2.55. The predicted octanol–water partition coefficient (Wildman–Crippen LogP) is 5.57. The average Bonchev–Trinajstić information content (AvgIpc) is 2.92. The van der Waals surface area contributed by atoms with Crippen LogP contribution in [-0.4, -0.2) is 50.4 Å². The number of anilines is 1. The van der Waals surface area contributed by atoms with E-state index in [1.165, 1.54) is 23.1 Å². The number of ether oxygens (including phenoxy) is 1. The number of sulfonamides is 1. The molecule has 0 fully saturated rings. The van der Waals surface area contributed by atoms with Crippen LogP contribution in [0.25, 0.3) is 0 Å². The second-order valence-electron chi connectivity index (χ2n) is 10.8. The molecular formula is C31H38ClN3O5S. The Labute approximate surface area is 248 Å². The fourth-order valence-electron chi connectivity index (χ4n) is 4.38. The van der Waals surface area contributed by atoms with E-state index in [2.05, 4.69) is 5.32 Å². The van der Waals surface area contributed by atoms with Gasteiger partial charge in [0.05, 0.1) is 17.7 Å². The number of nitrogens with zero attached hydrogens (tertiary/aromatic N) is 2. The highest BCUT2D eigenvalue weighted by Crippen LogP contribution is 2.30. The summed E-state index contributed by atoms with van der Waals surface area (Å²) in [5.74, 6) is -0.199. The van der Waals surface area contributed by atoms with Crippen molar-refractivity contribution in [1.82, 2.24) is 10.2 Å². The van der Waals surface area contributed by atoms with Crippen molar-refractivity contribution in [2.45, 2.75) is 64.1 Å². The van der Waals surface area contributed by atoms with Gasteiger partial charge in [-0.3, -0.25) is 13.9 Å². The van der Waals surface area contributed by atoms with E-state index in [-0.39, 0.29) is 23.0 Å². The van der Waals surface area contributed by atoms with E-state index >= 15 is 0 Å². The number of aryl methyl sites for hydroxylation is 1. The van der Waals surface area contributed by atoms with Crippen LogP contribution in [0.1, 0.15) is 45.2 Å². The highest BCUT2D eigenvalue weighted by Gasteiger charge is 2.35. The quantitative estimate of drug-likeness (QED) is 0.311. The summed E-state index contributed by atoms with van der Waals surface area (Å²) in [5.41, 5.74) is 1.14. The molecule has 0 radical (unpaired) electrons. The molecule has 0 spiro atoms. The van der Waals surface area contributed by atoms with Gasteiger partial charge in [0.15, 0.2) is 0 Å². The summed E-state index contributed by atoms with van der Waals surface area (Å²) in [7, 11) is -2.61. The van der Waals surface area contributed by atoms with Gasteiger partial charge in [0.1, 0.15) is 18.3 Å². The molecule has 3 aromatic rings. The normalized spacial score (nSPS) is 12.4. The average molecular weight is 600 g/mol. The van der Waals surface area contributed by atoms with Crippen LogP contribution in [0.15, 0.2) is 77.7 Å². The zero-order valence-electron chi connectivity index (χ0n) is 24.3. The molecule has 1 unspecified atom stereocenters. The topological polar surface area (TPSA) is 96.0 Å². The molecule has 3 aromatic carbocycles. The second-order valence-corrected chi connectivity index (χ2v) is 13.1. The summed E-state index contributed by atoms with van der Waals surface area (Å²) in [4.78, 5) is 29.1. The van der Waals surface area contributed by atoms with Crippen molar-refractivity contribution in [3.63, 3.8) is 0 Å². The molecule has 41 heavy (non-hydrogen) atoms. The molecule has 8 nitrogen and oxygen atoms in total. The van der Waals surface area contributed by atoms with Crippen molar-refractivity contribution in [2.24, 2.45) is 0 Å². The minimum absolute atomic E-state index is 0.0337. The minimum atomic E-state index is -4.18. The molecule has 0 bridgehead atoms. The molecule has 3 rings (SSSR count). The van der Waals surface area contributed by atoms with Crippen molar-refractivity contribution in [2.75, 3.05) is 18.0 Å². The first-order valence-corrected chi connectivity index (χ1v) is 15.2. The Morgan fingerprint density at radius 1 is 1.00 bits per heavy atom. The van der Waals surface area contributed by atoms with Crippen LogP contribution in [0.5, 0.6) is 5.75 Å². The second kappa shape index (κ2) is 13.4. The third-order valence-corrected chi connectivity index (χ3v) is 8.46. The van der Waals surface area contributed by atoms with Crippen LogP contribution >= 0.6 is 11.6 Å². The van der Waals surface area contributed by atoms with Crippen LogP contribution < -0.4 is 14.4 Å². The highest BCUT2D eigenvalue weighted by molar-refractivity contribution is 7.92. The Kier molecular flexibility index (Phi) is 10.4. The number of nitrogens with one attached hydrogen (secondary N) is 1. The number of halogens is 1. The van der Waals surface area contributed by atoms with Crippen molar-refractivity contribution in [1.29, 1.82) is 0 Å². The SMILES string of the molecule is CCC(C(=O)NC(C)(C)C)N(Cc1ccc(OC)cc1)C(=O)CN(c1cc(Cl)ccc1C)S(=O)(=O)c1ccccc1. The molecule has 0 aromatic heterocycles. The number of carbonyl (C=O) groups is 2. The predicted molar refractivity (Wildman–Crippen MR) is 163 cm³/mol. The first-order valence-electron chi connectivity index (χ1n) is 13.3. The molecule has 1 N–H and O–H groups in total. The summed E-state index contributed by atoms with van der Waals surface area (Å²) in [6.07, 6.45) is 0.325. The lowest BCUT2D eigenvalue weighted by atomic mass is 10.1. The fourth-order valence-corrected chi connectivity index (χ4v) is 6.04. The maximum absolute atomic E-state index is 14.2. The van der Waals surface area contributed by atoms with Gasteiger partial charge >= 0.3 is 0 Å². The zero-order valence-corrected chi connectivity index (χ0v) is 25.9. The molecule has 10 heteroatoms. The molecule has 1 atom stereocenters. The largest absolute Gasteiger partial charge is 0.497 e. The smallest absolute Gasteiger partial charge is 0.264 e. The lowest BCUT2D eigenvalue weighted by Gasteiger charge is -2.35. The zero-order chi connectivity index (χ0) is 30.4. The van der Waals surface area contributed by atoms with Crippen LogP contribution in [0.3, 0.4) is 0 Å². The van der Waals surface area contributed by atoms with Gasteiger partial charge in [0, 0.05) is 17.1 Å². The van der Waals surface area contributed by atoms with E-state index < -0.39 is 34.1 Å². The number of carbonyl (C=O) groups excluding carboxylic acids is 2. The van der Waals surface area contributed by atoms with E-state index in [4.69, 9.17) is 16.3 Å². The van der Waals surface area contributed by atoms with Crippen molar-refractivity contribution >= 4 is 39.1 Å². The molecule has 0 saturated carbocycles. The van der Waals surface area contributed by atoms with Gasteiger partial charge in [0.25, 0.3) is 10.0 Å². The molecule has 0 saturated heterocycles. The van der Waals surface area contributed by atoms with Crippen LogP contribution in [0.2, 0.25) is 5.02 Å². The molecule has 0 aliphatic carbocycles. The summed E-state index contributed by atoms with van der Waals surface area (Å²) in [5, 5.41) is 3.30. The third kappa shape index (κ3) is 8.24. The molecular weight excluding hydrogens is 562 g/mol. The van der Waals surface area contributed by atoms with Crippen LogP contribution in [-0.2, 0) is 26.2 Å². The van der Waals surface area contributed by atoms with Crippen LogP contribution in [0.4, 0.5) is 5.69 Å². The Bertz CT molecular complexity index is 1460. The number of hydrogen-bond acceptors (Lipinski definition) is 5. The molecule has 220 valence electrons. The number of methoxy groups -OCH3 is 1. The van der Waals surface area contributed by atoms with Gasteiger partial charge in [-0.25, -0.2) is 8.42 Å². The lowest BCUT2D eigenvalue weighted by molar-refractivity contribution is -0.141. The van der Waals surface area contributed by atoms with E-state index in [1.807, 2.05) is 39.8 Å². The van der Waals surface area contributed by atoms with Gasteiger partial charge in [-0.2, -0.15) is 0 Å². The van der Waals surface area contributed by atoms with Crippen LogP contribution in [0, 0.1) is 6.92 Å². The summed E-state index contributed by atoms with van der Waals surface area (Å²) in [6.45, 7) is 8.72. The Morgan fingerprint density at radius 3 is 2.20 bits per heavy atom. The fraction of sp³-hybridized carbons (Fsp3) is 0.355. The van der Waals surface area contributed by atoms with Crippen molar-refractivity contribution < 1.29 is 22.7 Å². The number of benzene rings is 3. The maximum Gasteiger partial charge on any atom is 0.264 e. The van der Waals surface area contributed by atoms with Gasteiger partial charge in [0.2, 0.25) is 11.8 Å². The van der Waals surface area contributed by atoms with E-state index in [0.717, 1.165) is 9.87 Å². The van der Waals surface area contributed by atoms with E-state index in [9.17, 15) is 18.0 Å². The minimum Gasteiger partial charge on any atom is -0.497 e. The number of hydrogen-bond donors (Lipinski definition) is 1. The summed E-state index contributed by atoms with van der Waals surface area (Å²) in [6, 6.07) is 19.1. The van der Waals surface area contributed by atoms with Gasteiger partial charge in [-0.1, -0.05) is 54.9 Å². The summed E-state index contributed by atoms with van der Waals surface area (Å²) < 4.78 is 34.3. The van der Waals surface area contributed by atoms with Gasteiger partial charge in [-0.15, -0.1) is 0 Å². The molecule has 0 heterocycles. The first kappa shape index (κ1) is 32.0. The highest BCUT2D eigenvalue weighted by atomic mass is 35.5. The standard InChI is InChI=1S/C31H38ClN3O5S/c1-7-27(30(37)33-31(3,4)5)34(20-23-14-17-25(40-6)18-15-23)29(36)21-35(28-19-24(32)16-13-22(28)2)41(38,39)26-11-9-8-10-12-26/h8-19,27H,7,20-21H2,1-6H3,(H,33,37). The first-order chi connectivity index (χ1) is 19.3. The third-order valence-electron chi connectivity index (χ3n) is 6.45. The number of amides is 2. The van der Waals surface area contributed by atoms with E-state index in [1.54, 1.807) is 56.5 Å². The molecule has 0 aliphatic rings. The Morgan fingerprint density at radius 2 is 1.63 bits per heavy atom. The van der Waals surface area contributed by atoms with Crippen molar-refractivity contribution in [3.8, 4) is 5.75 Å². The van der Waals surface area contributed by atoms with Crippen molar-refractivity contribution in [3.05, 3.63) is 88.9 Å². The number of rotatable bonds is 11. The summed E-state index contributed by atoms with van der Waals surface area (Å²) >= 11 is 6.28. The molecule has 0 aliphatic heterocycles. The monoisotopic (exact) mass is 599 g/mol. The van der Waals surface area contributed by atoms with E-state index in [0.29, 0.717) is 22.8 Å².